The van der Waals surface area contributed by atoms with Crippen molar-refractivity contribution in [2.75, 3.05) is 14.2 Å². The van der Waals surface area contributed by atoms with Crippen molar-refractivity contribution in [3.05, 3.63) is 58.5 Å². The number of hydrogen-bond acceptors (Lipinski definition) is 4. The van der Waals surface area contributed by atoms with Gasteiger partial charge in [0.05, 0.1) is 25.3 Å². The van der Waals surface area contributed by atoms with Crippen LogP contribution in [0.15, 0.2) is 47.3 Å². The van der Waals surface area contributed by atoms with E-state index < -0.39 is 0 Å². The van der Waals surface area contributed by atoms with Crippen molar-refractivity contribution in [2.45, 2.75) is 12.3 Å². The van der Waals surface area contributed by atoms with Crippen molar-refractivity contribution in [3.8, 4) is 11.5 Å². The lowest BCUT2D eigenvalue weighted by molar-refractivity contribution is 0.0884. The Balaban J connectivity index is 1.64. The summed E-state index contributed by atoms with van der Waals surface area (Å²) in [6, 6.07) is 12.9. The smallest absolute Gasteiger partial charge is 0.333 e. The molecule has 2 atom stereocenters. The van der Waals surface area contributed by atoms with Crippen LogP contribution in [0.4, 0.5) is 0 Å². The van der Waals surface area contributed by atoms with E-state index in [1.54, 1.807) is 26.4 Å². The summed E-state index contributed by atoms with van der Waals surface area (Å²) >= 11 is 0. The zero-order valence-electron chi connectivity index (χ0n) is 14.0. The number of aromatic nitrogens is 2. The minimum absolute atomic E-state index is 0.0906. The summed E-state index contributed by atoms with van der Waals surface area (Å²) in [5, 5.41) is 0. The largest absolute Gasteiger partial charge is 0.493 e. The molecule has 0 amide bonds. The third-order valence-electron chi connectivity index (χ3n) is 4.75. The summed E-state index contributed by atoms with van der Waals surface area (Å²) in [6.45, 7) is 0. The van der Waals surface area contributed by atoms with Gasteiger partial charge in [0.15, 0.2) is 11.5 Å². The molecule has 1 aliphatic rings. The van der Waals surface area contributed by atoms with Crippen molar-refractivity contribution in [1.82, 2.24) is 9.55 Å². The molecule has 0 radical (unpaired) electrons. The second-order valence-electron chi connectivity index (χ2n) is 6.18. The Morgan fingerprint density at radius 1 is 1.12 bits per heavy atom. The monoisotopic (exact) mass is 338 g/mol. The molecule has 0 bridgehead atoms. The maximum absolute atomic E-state index is 12.9. The van der Waals surface area contributed by atoms with Crippen molar-refractivity contribution in [2.24, 2.45) is 5.92 Å². The molecule has 1 aromatic heterocycles. The Kier molecular flexibility index (Phi) is 3.60. The van der Waals surface area contributed by atoms with Crippen LogP contribution in [0.25, 0.3) is 11.0 Å². The van der Waals surface area contributed by atoms with Crippen LogP contribution in [-0.2, 0) is 0 Å². The van der Waals surface area contributed by atoms with Crippen LogP contribution in [0.1, 0.15) is 22.7 Å². The average Bonchev–Trinajstić information content (AvgIpc) is 3.36. The number of carbonyl (C=O) groups excluding carboxylic acids is 1. The van der Waals surface area contributed by atoms with Crippen LogP contribution < -0.4 is 15.2 Å². The Hall–Kier alpha value is -3.02. The van der Waals surface area contributed by atoms with Crippen LogP contribution in [0, 0.1) is 5.92 Å². The molecule has 4 rings (SSSR count). The van der Waals surface area contributed by atoms with E-state index in [1.165, 1.54) is 4.57 Å². The summed E-state index contributed by atoms with van der Waals surface area (Å²) < 4.78 is 11.8. The number of nitrogens with one attached hydrogen (secondary N) is 1. The second kappa shape index (κ2) is 5.81. The fraction of sp³-hybridized carbons (Fsp3) is 0.263. The van der Waals surface area contributed by atoms with Crippen LogP contribution in [-0.4, -0.2) is 29.7 Å². The van der Waals surface area contributed by atoms with E-state index in [1.807, 2.05) is 30.3 Å². The number of H-pyrrole nitrogens is 1. The summed E-state index contributed by atoms with van der Waals surface area (Å²) in [7, 11) is 3.17. The van der Waals surface area contributed by atoms with Gasteiger partial charge in [-0.3, -0.25) is 4.79 Å². The van der Waals surface area contributed by atoms with Crippen molar-refractivity contribution in [1.29, 1.82) is 0 Å². The minimum atomic E-state index is -0.385. The number of benzene rings is 2. The standard InChI is InChI=1S/C19H18N2O4/c1-24-16-8-7-11(9-17(16)25-2)12-10-13(12)18(22)21-15-6-4-3-5-14(15)20-19(21)23/h3-9,12-13H,10H2,1-2H3,(H,20,23)/t12-,13?/m0/s1. The molecule has 6 heteroatoms. The van der Waals surface area contributed by atoms with Crippen molar-refractivity contribution in [3.63, 3.8) is 0 Å². The molecular weight excluding hydrogens is 320 g/mol. The highest BCUT2D eigenvalue weighted by Crippen LogP contribution is 2.49. The number of imidazole rings is 1. The molecule has 128 valence electrons. The quantitative estimate of drug-likeness (QED) is 0.794. The number of para-hydroxylation sites is 2. The summed E-state index contributed by atoms with van der Waals surface area (Å²) in [4.78, 5) is 27.8. The normalized spacial score (nSPS) is 19.0. The van der Waals surface area contributed by atoms with Crippen molar-refractivity contribution < 1.29 is 14.3 Å². The molecule has 1 N–H and O–H groups in total. The summed E-state index contributed by atoms with van der Waals surface area (Å²) in [5.74, 6) is 1.02. The van der Waals surface area contributed by atoms with Gasteiger partial charge in [-0.2, -0.15) is 0 Å². The lowest BCUT2D eigenvalue weighted by Crippen LogP contribution is -2.25. The van der Waals surface area contributed by atoms with Gasteiger partial charge >= 0.3 is 5.69 Å². The zero-order chi connectivity index (χ0) is 17.6. The van der Waals surface area contributed by atoms with E-state index in [0.717, 1.165) is 12.0 Å². The predicted octanol–water partition coefficient (Wildman–Crippen LogP) is 2.79. The van der Waals surface area contributed by atoms with Crippen LogP contribution in [0.2, 0.25) is 0 Å². The fourth-order valence-corrected chi connectivity index (χ4v) is 3.36. The van der Waals surface area contributed by atoms with Gasteiger partial charge in [0, 0.05) is 5.92 Å². The first kappa shape index (κ1) is 15.5. The van der Waals surface area contributed by atoms with Gasteiger partial charge in [-0.05, 0) is 42.2 Å². The Morgan fingerprint density at radius 2 is 1.88 bits per heavy atom. The number of ether oxygens (including phenoxy) is 2. The lowest BCUT2D eigenvalue weighted by atomic mass is 10.1. The van der Waals surface area contributed by atoms with E-state index in [0.29, 0.717) is 22.5 Å². The number of aromatic amines is 1. The number of nitrogens with zero attached hydrogens (tertiary/aromatic N) is 1. The molecule has 2 aromatic carbocycles. The minimum Gasteiger partial charge on any atom is -0.493 e. The van der Waals surface area contributed by atoms with E-state index >= 15 is 0 Å². The maximum atomic E-state index is 12.9. The van der Waals surface area contributed by atoms with Gasteiger partial charge in [0.2, 0.25) is 5.91 Å². The number of rotatable bonds is 4. The van der Waals surface area contributed by atoms with E-state index in [-0.39, 0.29) is 23.4 Å². The van der Waals surface area contributed by atoms with Gasteiger partial charge in [0.1, 0.15) is 0 Å². The highest BCUT2D eigenvalue weighted by atomic mass is 16.5. The molecule has 1 saturated carbocycles. The molecule has 0 aliphatic heterocycles. The Bertz CT molecular complexity index is 1020. The third-order valence-corrected chi connectivity index (χ3v) is 4.75. The molecule has 6 nitrogen and oxygen atoms in total. The molecular formula is C19H18N2O4. The Morgan fingerprint density at radius 3 is 2.64 bits per heavy atom. The number of hydrogen-bond donors (Lipinski definition) is 1. The summed E-state index contributed by atoms with van der Waals surface area (Å²) in [6.07, 6.45) is 0.722. The molecule has 25 heavy (non-hydrogen) atoms. The van der Waals surface area contributed by atoms with Crippen molar-refractivity contribution >= 4 is 16.9 Å². The second-order valence-corrected chi connectivity index (χ2v) is 6.18. The number of carbonyl (C=O) groups is 1. The van der Waals surface area contributed by atoms with Gasteiger partial charge in [-0.25, -0.2) is 9.36 Å². The maximum Gasteiger partial charge on any atom is 0.333 e. The molecule has 1 unspecified atom stereocenters. The zero-order valence-corrected chi connectivity index (χ0v) is 14.0. The van der Waals surface area contributed by atoms with E-state index in [9.17, 15) is 9.59 Å². The van der Waals surface area contributed by atoms with Crippen LogP contribution in [0.3, 0.4) is 0 Å². The first-order valence-corrected chi connectivity index (χ1v) is 8.10. The highest BCUT2D eigenvalue weighted by Gasteiger charge is 2.45. The van der Waals surface area contributed by atoms with Gasteiger partial charge in [-0.15, -0.1) is 0 Å². The van der Waals surface area contributed by atoms with Crippen LogP contribution in [0.5, 0.6) is 11.5 Å². The summed E-state index contributed by atoms with van der Waals surface area (Å²) in [5.41, 5.74) is 1.92. The van der Waals surface area contributed by atoms with E-state index in [4.69, 9.17) is 9.47 Å². The van der Waals surface area contributed by atoms with Gasteiger partial charge < -0.3 is 14.5 Å². The lowest BCUT2D eigenvalue weighted by Gasteiger charge is -2.09. The topological polar surface area (TPSA) is 73.3 Å². The molecule has 0 saturated heterocycles. The highest BCUT2D eigenvalue weighted by molar-refractivity contribution is 5.93. The SMILES string of the molecule is COc1ccc([C@@H]2CC2C(=O)n2c(=O)[nH]c3ccccc32)cc1OC. The Labute approximate surface area is 144 Å². The predicted molar refractivity (Wildman–Crippen MR) is 93.6 cm³/mol. The number of fused-ring (bicyclic) bond motifs is 1. The first-order chi connectivity index (χ1) is 12.1. The van der Waals surface area contributed by atoms with Crippen LogP contribution >= 0.6 is 0 Å². The molecule has 3 aromatic rings. The van der Waals surface area contributed by atoms with Gasteiger partial charge in [-0.1, -0.05) is 18.2 Å². The molecule has 0 spiro atoms. The number of methoxy groups -OCH3 is 2. The molecule has 1 heterocycles. The van der Waals surface area contributed by atoms with Gasteiger partial charge in [0.25, 0.3) is 0 Å². The third kappa shape index (κ3) is 2.50. The average molecular weight is 338 g/mol. The molecule has 1 fully saturated rings. The molecule has 1 aliphatic carbocycles. The van der Waals surface area contributed by atoms with E-state index in [2.05, 4.69) is 4.98 Å². The fourth-order valence-electron chi connectivity index (χ4n) is 3.36. The first-order valence-electron chi connectivity index (χ1n) is 8.10.